The molecule has 0 radical (unpaired) electrons. The molecule has 2 rings (SSSR count). The van der Waals surface area contributed by atoms with Crippen LogP contribution in [0, 0.1) is 18.6 Å². The Kier molecular flexibility index (Phi) is 3.39. The van der Waals surface area contributed by atoms with Crippen molar-refractivity contribution in [1.82, 2.24) is 0 Å². The lowest BCUT2D eigenvalue weighted by molar-refractivity contribution is 0.586. The van der Waals surface area contributed by atoms with E-state index in [0.29, 0.717) is 11.4 Å². The molecule has 2 aromatic carbocycles. The van der Waals surface area contributed by atoms with Crippen molar-refractivity contribution in [3.05, 3.63) is 52.6 Å². The Morgan fingerprint density at radius 1 is 1.17 bits per heavy atom. The zero-order valence-corrected chi connectivity index (χ0v) is 10.4. The van der Waals surface area contributed by atoms with E-state index in [4.69, 9.17) is 17.3 Å². The molecule has 0 bridgehead atoms. The van der Waals surface area contributed by atoms with Gasteiger partial charge in [0.2, 0.25) is 0 Å². The normalized spacial score (nSPS) is 10.4. The average molecular weight is 269 g/mol. The van der Waals surface area contributed by atoms with E-state index < -0.39 is 11.6 Å². The lowest BCUT2D eigenvalue weighted by Gasteiger charge is -2.14. The molecule has 0 aliphatic heterocycles. The fourth-order valence-corrected chi connectivity index (χ4v) is 1.89. The van der Waals surface area contributed by atoms with E-state index >= 15 is 0 Å². The van der Waals surface area contributed by atoms with Gasteiger partial charge in [0.15, 0.2) is 5.82 Å². The zero-order chi connectivity index (χ0) is 13.3. The quantitative estimate of drug-likeness (QED) is 0.799. The standard InChI is InChI=1S/C13H11ClF2N2/c1-7-3-2-4-11(17)12(7)18-13-9(14)5-8(15)6-10(13)16/h2-6,18H,17H2,1H3. The fraction of sp³-hybridized carbons (Fsp3) is 0.0769. The van der Waals surface area contributed by atoms with E-state index in [9.17, 15) is 8.78 Å². The number of nitrogens with one attached hydrogen (secondary N) is 1. The van der Waals surface area contributed by atoms with Gasteiger partial charge in [-0.25, -0.2) is 8.78 Å². The smallest absolute Gasteiger partial charge is 0.151 e. The summed E-state index contributed by atoms with van der Waals surface area (Å²) in [6.07, 6.45) is 0. The van der Waals surface area contributed by atoms with E-state index in [1.807, 2.05) is 13.0 Å². The Hall–Kier alpha value is -1.81. The van der Waals surface area contributed by atoms with Gasteiger partial charge in [-0.15, -0.1) is 0 Å². The van der Waals surface area contributed by atoms with Gasteiger partial charge in [0.05, 0.1) is 22.1 Å². The number of nitrogen functional groups attached to an aromatic ring is 1. The van der Waals surface area contributed by atoms with Crippen LogP contribution in [0.4, 0.5) is 25.8 Å². The van der Waals surface area contributed by atoms with Crippen LogP contribution in [-0.2, 0) is 0 Å². The average Bonchev–Trinajstić information content (AvgIpc) is 2.26. The monoisotopic (exact) mass is 268 g/mol. The summed E-state index contributed by atoms with van der Waals surface area (Å²) in [6.45, 7) is 1.83. The number of hydrogen-bond donors (Lipinski definition) is 2. The van der Waals surface area contributed by atoms with E-state index in [1.165, 1.54) is 0 Å². The summed E-state index contributed by atoms with van der Waals surface area (Å²) >= 11 is 5.81. The van der Waals surface area contributed by atoms with Gasteiger partial charge >= 0.3 is 0 Å². The second kappa shape index (κ2) is 4.82. The van der Waals surface area contributed by atoms with Crippen molar-refractivity contribution >= 4 is 28.7 Å². The first kappa shape index (κ1) is 12.6. The summed E-state index contributed by atoms with van der Waals surface area (Å²) < 4.78 is 26.6. The molecular weight excluding hydrogens is 258 g/mol. The molecule has 0 saturated heterocycles. The summed E-state index contributed by atoms with van der Waals surface area (Å²) in [4.78, 5) is 0. The van der Waals surface area contributed by atoms with Crippen LogP contribution in [0.1, 0.15) is 5.56 Å². The maximum Gasteiger partial charge on any atom is 0.151 e. The Balaban J connectivity index is 2.47. The minimum atomic E-state index is -0.761. The molecule has 0 heterocycles. The first-order valence-corrected chi connectivity index (χ1v) is 5.63. The number of anilines is 3. The lowest BCUT2D eigenvalue weighted by atomic mass is 10.1. The van der Waals surface area contributed by atoms with E-state index in [1.54, 1.807) is 12.1 Å². The largest absolute Gasteiger partial charge is 0.397 e. The zero-order valence-electron chi connectivity index (χ0n) is 9.60. The van der Waals surface area contributed by atoms with Gasteiger partial charge in [0, 0.05) is 6.07 Å². The van der Waals surface area contributed by atoms with Crippen LogP contribution in [0.15, 0.2) is 30.3 Å². The number of nitrogens with two attached hydrogens (primary N) is 1. The highest BCUT2D eigenvalue weighted by atomic mass is 35.5. The fourth-order valence-electron chi connectivity index (χ4n) is 1.65. The van der Waals surface area contributed by atoms with Crippen molar-refractivity contribution in [2.75, 3.05) is 11.1 Å². The molecule has 5 heteroatoms. The topological polar surface area (TPSA) is 38.0 Å². The molecule has 2 aromatic rings. The molecule has 0 saturated carbocycles. The maximum absolute atomic E-state index is 13.6. The van der Waals surface area contributed by atoms with Crippen molar-refractivity contribution in [2.45, 2.75) is 6.92 Å². The number of halogens is 3. The van der Waals surface area contributed by atoms with Crippen molar-refractivity contribution in [2.24, 2.45) is 0 Å². The molecule has 3 N–H and O–H groups in total. The van der Waals surface area contributed by atoms with E-state index in [2.05, 4.69) is 5.32 Å². The summed E-state index contributed by atoms with van der Waals surface area (Å²) in [5.74, 6) is -1.48. The molecule has 94 valence electrons. The van der Waals surface area contributed by atoms with Gasteiger partial charge in [-0.05, 0) is 24.6 Å². The second-order valence-corrected chi connectivity index (χ2v) is 4.32. The van der Waals surface area contributed by atoms with Crippen LogP contribution in [0.5, 0.6) is 0 Å². The van der Waals surface area contributed by atoms with Crippen molar-refractivity contribution < 1.29 is 8.78 Å². The number of hydrogen-bond acceptors (Lipinski definition) is 2. The summed E-state index contributed by atoms with van der Waals surface area (Å²) in [5.41, 5.74) is 7.68. The molecule has 0 aliphatic carbocycles. The third kappa shape index (κ3) is 2.38. The minimum Gasteiger partial charge on any atom is -0.397 e. The SMILES string of the molecule is Cc1cccc(N)c1Nc1c(F)cc(F)cc1Cl. The van der Waals surface area contributed by atoms with Crippen molar-refractivity contribution in [3.8, 4) is 0 Å². The van der Waals surface area contributed by atoms with Crippen LogP contribution in [-0.4, -0.2) is 0 Å². The van der Waals surface area contributed by atoms with Crippen LogP contribution in [0.25, 0.3) is 0 Å². The van der Waals surface area contributed by atoms with Crippen molar-refractivity contribution in [3.63, 3.8) is 0 Å². The van der Waals surface area contributed by atoms with Crippen LogP contribution >= 0.6 is 11.6 Å². The van der Waals surface area contributed by atoms with Gasteiger partial charge in [0.1, 0.15) is 5.82 Å². The first-order chi connectivity index (χ1) is 8.49. The molecule has 0 fully saturated rings. The van der Waals surface area contributed by atoms with E-state index in [-0.39, 0.29) is 10.7 Å². The highest BCUT2D eigenvalue weighted by Gasteiger charge is 2.12. The number of para-hydroxylation sites is 1. The summed E-state index contributed by atoms with van der Waals surface area (Å²) in [5, 5.41) is 2.77. The van der Waals surface area contributed by atoms with Crippen LogP contribution in [0.2, 0.25) is 5.02 Å². The second-order valence-electron chi connectivity index (χ2n) is 3.91. The third-order valence-corrected chi connectivity index (χ3v) is 2.86. The predicted molar refractivity (Wildman–Crippen MR) is 70.2 cm³/mol. The molecule has 18 heavy (non-hydrogen) atoms. The van der Waals surface area contributed by atoms with E-state index in [0.717, 1.165) is 17.7 Å². The predicted octanol–water partition coefficient (Wildman–Crippen LogP) is 4.25. The molecule has 0 amide bonds. The molecule has 0 aromatic heterocycles. The first-order valence-electron chi connectivity index (χ1n) is 5.25. The van der Waals surface area contributed by atoms with Gasteiger partial charge in [-0.2, -0.15) is 0 Å². The Bertz CT molecular complexity index is 556. The van der Waals surface area contributed by atoms with Crippen molar-refractivity contribution in [1.29, 1.82) is 0 Å². The highest BCUT2D eigenvalue weighted by molar-refractivity contribution is 6.33. The third-order valence-electron chi connectivity index (χ3n) is 2.56. The number of benzene rings is 2. The molecule has 2 nitrogen and oxygen atoms in total. The molecule has 0 unspecified atom stereocenters. The van der Waals surface area contributed by atoms with Gasteiger partial charge in [-0.1, -0.05) is 23.7 Å². The highest BCUT2D eigenvalue weighted by Crippen LogP contribution is 2.33. The number of rotatable bonds is 2. The maximum atomic E-state index is 13.6. The summed E-state index contributed by atoms with van der Waals surface area (Å²) in [7, 11) is 0. The van der Waals surface area contributed by atoms with Crippen LogP contribution in [0.3, 0.4) is 0 Å². The molecule has 0 spiro atoms. The van der Waals surface area contributed by atoms with Crippen LogP contribution < -0.4 is 11.1 Å². The van der Waals surface area contributed by atoms with Gasteiger partial charge in [-0.3, -0.25) is 0 Å². The number of aryl methyl sites for hydroxylation is 1. The minimum absolute atomic E-state index is 0.0130. The molecule has 0 atom stereocenters. The lowest BCUT2D eigenvalue weighted by Crippen LogP contribution is -2.01. The van der Waals surface area contributed by atoms with Gasteiger partial charge in [0.25, 0.3) is 0 Å². The molecular formula is C13H11ClF2N2. The Morgan fingerprint density at radius 3 is 2.50 bits per heavy atom. The Labute approximate surface area is 108 Å². The summed E-state index contributed by atoms with van der Waals surface area (Å²) in [6, 6.07) is 7.11. The Morgan fingerprint density at radius 2 is 1.89 bits per heavy atom. The molecule has 0 aliphatic rings. The van der Waals surface area contributed by atoms with Gasteiger partial charge < -0.3 is 11.1 Å².